The molecule has 2 N–H and O–H groups in total. The summed E-state index contributed by atoms with van der Waals surface area (Å²) in [6, 6.07) is 18.4. The van der Waals surface area contributed by atoms with Gasteiger partial charge in [0.2, 0.25) is 0 Å². The lowest BCUT2D eigenvalue weighted by Crippen LogP contribution is -2.82. The Balaban J connectivity index is 1.64. The summed E-state index contributed by atoms with van der Waals surface area (Å²) in [7, 11) is 0. The number of quaternary nitrogens is 1. The highest BCUT2D eigenvalue weighted by molar-refractivity contribution is 5.39. The molecule has 2 aromatic carbocycles. The molecule has 0 saturated carbocycles. The van der Waals surface area contributed by atoms with Crippen molar-refractivity contribution in [3.05, 3.63) is 60.2 Å². The largest absolute Gasteiger partial charge is 0.490 e. The van der Waals surface area contributed by atoms with Crippen molar-refractivity contribution in [1.82, 2.24) is 0 Å². The first-order valence-corrected chi connectivity index (χ1v) is 7.60. The topological polar surface area (TPSA) is 35.1 Å². The van der Waals surface area contributed by atoms with Crippen molar-refractivity contribution >= 4 is 0 Å². The van der Waals surface area contributed by atoms with Crippen molar-refractivity contribution in [2.45, 2.75) is 19.9 Å². The third-order valence-corrected chi connectivity index (χ3v) is 3.18. The van der Waals surface area contributed by atoms with Crippen LogP contribution in [-0.2, 0) is 6.54 Å². The lowest BCUT2D eigenvalue weighted by Gasteiger charge is -2.11. The van der Waals surface area contributed by atoms with Crippen LogP contribution in [0.15, 0.2) is 54.6 Å². The van der Waals surface area contributed by atoms with Crippen LogP contribution in [-0.4, -0.2) is 19.8 Å². The van der Waals surface area contributed by atoms with Crippen LogP contribution < -0.4 is 14.8 Å². The van der Waals surface area contributed by atoms with Gasteiger partial charge in [0, 0.05) is 12.0 Å². The Labute approximate surface area is 126 Å². The van der Waals surface area contributed by atoms with E-state index in [2.05, 4.69) is 29.6 Å². The summed E-state index contributed by atoms with van der Waals surface area (Å²) in [6.07, 6.45) is 1.02. The predicted molar refractivity (Wildman–Crippen MR) is 84.7 cm³/mol. The average Bonchev–Trinajstić information content (AvgIpc) is 2.53. The van der Waals surface area contributed by atoms with Crippen molar-refractivity contribution in [3.63, 3.8) is 0 Å². The van der Waals surface area contributed by atoms with E-state index in [1.807, 2.05) is 37.3 Å². The molecular formula is C18H24NO2+. The summed E-state index contributed by atoms with van der Waals surface area (Å²) >= 11 is 0. The highest BCUT2D eigenvalue weighted by Crippen LogP contribution is 2.26. The van der Waals surface area contributed by atoms with Gasteiger partial charge in [-0.05, 0) is 19.1 Å². The lowest BCUT2D eigenvalue weighted by molar-refractivity contribution is -0.671. The molecule has 112 valence electrons. The number of rotatable bonds is 9. The summed E-state index contributed by atoms with van der Waals surface area (Å²) < 4.78 is 11.3. The van der Waals surface area contributed by atoms with E-state index in [-0.39, 0.29) is 0 Å². The van der Waals surface area contributed by atoms with Gasteiger partial charge in [-0.25, -0.2) is 0 Å². The quantitative estimate of drug-likeness (QED) is 0.719. The van der Waals surface area contributed by atoms with Crippen LogP contribution in [0.1, 0.15) is 18.9 Å². The second-order valence-corrected chi connectivity index (χ2v) is 4.85. The van der Waals surface area contributed by atoms with Gasteiger partial charge in [0.25, 0.3) is 0 Å². The Morgan fingerprint density at radius 3 is 2.24 bits per heavy atom. The van der Waals surface area contributed by atoms with Gasteiger partial charge in [0.15, 0.2) is 11.5 Å². The molecule has 21 heavy (non-hydrogen) atoms. The van der Waals surface area contributed by atoms with Crippen LogP contribution in [0, 0.1) is 0 Å². The molecule has 0 unspecified atom stereocenters. The van der Waals surface area contributed by atoms with Crippen LogP contribution >= 0.6 is 0 Å². The molecule has 2 rings (SSSR count). The summed E-state index contributed by atoms with van der Waals surface area (Å²) in [5.41, 5.74) is 1.36. The number of benzene rings is 2. The summed E-state index contributed by atoms with van der Waals surface area (Å²) in [5, 5.41) is 2.31. The van der Waals surface area contributed by atoms with Gasteiger partial charge in [-0.1, -0.05) is 42.5 Å². The molecule has 0 amide bonds. The first-order valence-electron chi connectivity index (χ1n) is 7.60. The van der Waals surface area contributed by atoms with Crippen LogP contribution in [0.3, 0.4) is 0 Å². The number of para-hydroxylation sites is 2. The van der Waals surface area contributed by atoms with E-state index in [9.17, 15) is 0 Å². The molecule has 0 atom stereocenters. The smallest absolute Gasteiger partial charge is 0.161 e. The third-order valence-electron chi connectivity index (χ3n) is 3.18. The Morgan fingerprint density at radius 2 is 1.52 bits per heavy atom. The second-order valence-electron chi connectivity index (χ2n) is 4.85. The first kappa shape index (κ1) is 15.4. The van der Waals surface area contributed by atoms with E-state index in [1.54, 1.807) is 0 Å². The molecule has 0 spiro atoms. The van der Waals surface area contributed by atoms with Gasteiger partial charge < -0.3 is 14.8 Å². The summed E-state index contributed by atoms with van der Waals surface area (Å²) in [5.74, 6) is 1.66. The van der Waals surface area contributed by atoms with Gasteiger partial charge in [-0.2, -0.15) is 0 Å². The monoisotopic (exact) mass is 286 g/mol. The maximum Gasteiger partial charge on any atom is 0.161 e. The number of ether oxygens (including phenoxy) is 2. The number of hydrogen-bond acceptors (Lipinski definition) is 2. The predicted octanol–water partition coefficient (Wildman–Crippen LogP) is 2.62. The molecule has 0 bridgehead atoms. The molecule has 3 heteroatoms. The molecule has 0 aliphatic carbocycles. The van der Waals surface area contributed by atoms with Gasteiger partial charge in [-0.3, -0.25) is 0 Å². The summed E-state index contributed by atoms with van der Waals surface area (Å²) in [4.78, 5) is 0. The maximum absolute atomic E-state index is 5.80. The highest BCUT2D eigenvalue weighted by Gasteiger charge is 2.03. The summed E-state index contributed by atoms with van der Waals surface area (Å²) in [6.45, 7) is 5.44. The molecule has 0 radical (unpaired) electrons. The molecule has 0 aromatic heterocycles. The maximum atomic E-state index is 5.80. The Morgan fingerprint density at radius 1 is 0.857 bits per heavy atom. The van der Waals surface area contributed by atoms with Gasteiger partial charge in [-0.15, -0.1) is 0 Å². The van der Waals surface area contributed by atoms with Crippen molar-refractivity contribution in [1.29, 1.82) is 0 Å². The lowest BCUT2D eigenvalue weighted by atomic mass is 10.2. The molecule has 2 aromatic rings. The number of hydrogen-bond donors (Lipinski definition) is 1. The van der Waals surface area contributed by atoms with Crippen molar-refractivity contribution in [3.8, 4) is 11.5 Å². The van der Waals surface area contributed by atoms with E-state index in [1.165, 1.54) is 5.56 Å². The van der Waals surface area contributed by atoms with E-state index >= 15 is 0 Å². The van der Waals surface area contributed by atoms with E-state index < -0.39 is 0 Å². The SMILES string of the molecule is CCOc1ccccc1OCCC[NH2+]Cc1ccccc1. The van der Waals surface area contributed by atoms with Crippen LogP contribution in [0.2, 0.25) is 0 Å². The minimum absolute atomic E-state index is 0.658. The molecular weight excluding hydrogens is 262 g/mol. The van der Waals surface area contributed by atoms with E-state index in [4.69, 9.17) is 9.47 Å². The van der Waals surface area contributed by atoms with Gasteiger partial charge >= 0.3 is 0 Å². The fourth-order valence-corrected chi connectivity index (χ4v) is 2.14. The normalized spacial score (nSPS) is 10.3. The number of nitrogens with two attached hydrogens (primary N) is 1. The fraction of sp³-hybridized carbons (Fsp3) is 0.333. The average molecular weight is 286 g/mol. The van der Waals surface area contributed by atoms with Crippen molar-refractivity contribution < 1.29 is 14.8 Å². The van der Waals surface area contributed by atoms with Crippen LogP contribution in [0.4, 0.5) is 0 Å². The standard InChI is InChI=1S/C18H23NO2/c1-2-20-17-11-6-7-12-18(17)21-14-8-13-19-15-16-9-4-3-5-10-16/h3-7,9-12,19H,2,8,13-15H2,1H3/p+1. The fourth-order valence-electron chi connectivity index (χ4n) is 2.14. The highest BCUT2D eigenvalue weighted by atomic mass is 16.5. The van der Waals surface area contributed by atoms with E-state index in [0.717, 1.165) is 37.6 Å². The molecule has 0 saturated heterocycles. The minimum Gasteiger partial charge on any atom is -0.490 e. The molecule has 0 aliphatic heterocycles. The zero-order chi connectivity index (χ0) is 14.8. The van der Waals surface area contributed by atoms with Crippen LogP contribution in [0.25, 0.3) is 0 Å². The Bertz CT molecular complexity index is 514. The zero-order valence-electron chi connectivity index (χ0n) is 12.6. The Kier molecular flexibility index (Phi) is 6.62. The Hall–Kier alpha value is -2.00. The van der Waals surface area contributed by atoms with Crippen molar-refractivity contribution in [2.24, 2.45) is 0 Å². The van der Waals surface area contributed by atoms with Crippen LogP contribution in [0.5, 0.6) is 11.5 Å². The first-order chi connectivity index (χ1) is 10.4. The molecule has 0 heterocycles. The van der Waals surface area contributed by atoms with Crippen molar-refractivity contribution in [2.75, 3.05) is 19.8 Å². The minimum atomic E-state index is 0.658. The third kappa shape index (κ3) is 5.48. The zero-order valence-corrected chi connectivity index (χ0v) is 12.6. The molecule has 3 nitrogen and oxygen atoms in total. The van der Waals surface area contributed by atoms with Gasteiger partial charge in [0.1, 0.15) is 6.54 Å². The molecule has 0 fully saturated rings. The van der Waals surface area contributed by atoms with E-state index in [0.29, 0.717) is 6.61 Å². The van der Waals surface area contributed by atoms with Gasteiger partial charge in [0.05, 0.1) is 19.8 Å². The second kappa shape index (κ2) is 9.03. The molecule has 0 aliphatic rings.